The van der Waals surface area contributed by atoms with Crippen molar-refractivity contribution >= 4 is 0 Å². The van der Waals surface area contributed by atoms with E-state index in [0.717, 1.165) is 19.0 Å². The summed E-state index contributed by atoms with van der Waals surface area (Å²) in [6, 6.07) is 0. The monoisotopic (exact) mass is 141 g/mol. The highest BCUT2D eigenvalue weighted by Gasteiger charge is 2.46. The smallest absolute Gasteiger partial charge is 0.0953 e. The van der Waals surface area contributed by atoms with Crippen LogP contribution in [0, 0.1) is 5.92 Å². The zero-order valence-corrected chi connectivity index (χ0v) is 6.52. The van der Waals surface area contributed by atoms with Crippen LogP contribution < -0.4 is 5.32 Å². The predicted molar refractivity (Wildman–Crippen MR) is 40.0 cm³/mol. The van der Waals surface area contributed by atoms with E-state index in [1.165, 1.54) is 19.3 Å². The van der Waals surface area contributed by atoms with Crippen LogP contribution >= 0.6 is 0 Å². The summed E-state index contributed by atoms with van der Waals surface area (Å²) >= 11 is 0. The molecule has 2 rings (SSSR count). The molecule has 0 unspecified atom stereocenters. The van der Waals surface area contributed by atoms with Gasteiger partial charge < -0.3 is 10.1 Å². The zero-order valence-electron chi connectivity index (χ0n) is 6.52. The van der Waals surface area contributed by atoms with Crippen molar-refractivity contribution < 1.29 is 4.74 Å². The third-order valence-electron chi connectivity index (χ3n) is 3.10. The van der Waals surface area contributed by atoms with Crippen LogP contribution in [0.15, 0.2) is 0 Å². The Balaban J connectivity index is 1.96. The Hall–Kier alpha value is -0.0800. The van der Waals surface area contributed by atoms with Crippen LogP contribution in [0.5, 0.6) is 0 Å². The first-order chi connectivity index (χ1) is 4.87. The van der Waals surface area contributed by atoms with Crippen LogP contribution in [0.1, 0.15) is 19.3 Å². The summed E-state index contributed by atoms with van der Waals surface area (Å²) in [7, 11) is 1.85. The van der Waals surface area contributed by atoms with Crippen molar-refractivity contribution in [3.8, 4) is 0 Å². The van der Waals surface area contributed by atoms with E-state index in [4.69, 9.17) is 4.74 Å². The summed E-state index contributed by atoms with van der Waals surface area (Å²) < 4.78 is 5.52. The second-order valence-electron chi connectivity index (χ2n) is 3.50. The number of hydrogen-bond acceptors (Lipinski definition) is 2. The summed E-state index contributed by atoms with van der Waals surface area (Å²) in [5.74, 6) is 0.860. The van der Waals surface area contributed by atoms with E-state index < -0.39 is 0 Å². The predicted octanol–water partition coefficient (Wildman–Crippen LogP) is 0.775. The van der Waals surface area contributed by atoms with Crippen LogP contribution in [0.25, 0.3) is 0 Å². The van der Waals surface area contributed by atoms with Gasteiger partial charge >= 0.3 is 0 Å². The van der Waals surface area contributed by atoms with E-state index >= 15 is 0 Å². The lowest BCUT2D eigenvalue weighted by molar-refractivity contribution is -0.117. The molecule has 2 nitrogen and oxygen atoms in total. The second-order valence-corrected chi connectivity index (χ2v) is 3.50. The van der Waals surface area contributed by atoms with Gasteiger partial charge in [-0.1, -0.05) is 6.42 Å². The third-order valence-corrected chi connectivity index (χ3v) is 3.10. The van der Waals surface area contributed by atoms with Gasteiger partial charge in [-0.2, -0.15) is 0 Å². The average molecular weight is 141 g/mol. The van der Waals surface area contributed by atoms with Gasteiger partial charge in [-0.15, -0.1) is 0 Å². The van der Waals surface area contributed by atoms with Crippen molar-refractivity contribution in [3.05, 3.63) is 0 Å². The molecule has 1 heterocycles. The second kappa shape index (κ2) is 2.21. The minimum absolute atomic E-state index is 0.248. The number of hydrogen-bond donors (Lipinski definition) is 1. The average Bonchev–Trinajstić information content (AvgIpc) is 1.73. The molecule has 0 radical (unpaired) electrons. The number of ether oxygens (including phenoxy) is 1. The van der Waals surface area contributed by atoms with Gasteiger partial charge in [0.2, 0.25) is 0 Å². The standard InChI is InChI=1S/C8H15NO/c1-10-8(5-9-6-8)7-3-2-4-7/h7,9H,2-6H2,1H3. The maximum Gasteiger partial charge on any atom is 0.0953 e. The Bertz CT molecular complexity index is 122. The van der Waals surface area contributed by atoms with Crippen LogP contribution in [0.2, 0.25) is 0 Å². The maximum atomic E-state index is 5.52. The lowest BCUT2D eigenvalue weighted by Gasteiger charge is -2.50. The maximum absolute atomic E-state index is 5.52. The van der Waals surface area contributed by atoms with Crippen LogP contribution in [0.3, 0.4) is 0 Å². The summed E-state index contributed by atoms with van der Waals surface area (Å²) in [6.07, 6.45) is 4.18. The minimum Gasteiger partial charge on any atom is -0.375 e. The molecule has 58 valence electrons. The highest BCUT2D eigenvalue weighted by atomic mass is 16.5. The largest absolute Gasteiger partial charge is 0.375 e. The molecule has 1 saturated carbocycles. The van der Waals surface area contributed by atoms with E-state index in [9.17, 15) is 0 Å². The molecule has 0 amide bonds. The Kier molecular flexibility index (Phi) is 1.46. The number of rotatable bonds is 2. The SMILES string of the molecule is COC1(C2CCC2)CNC1. The van der Waals surface area contributed by atoms with Crippen LogP contribution in [-0.4, -0.2) is 25.8 Å². The molecule has 0 spiro atoms. The van der Waals surface area contributed by atoms with E-state index in [-0.39, 0.29) is 5.60 Å². The molecule has 2 aliphatic rings. The fourth-order valence-corrected chi connectivity index (χ4v) is 1.91. The van der Waals surface area contributed by atoms with Crippen molar-refractivity contribution in [2.45, 2.75) is 24.9 Å². The van der Waals surface area contributed by atoms with Crippen molar-refractivity contribution in [2.75, 3.05) is 20.2 Å². The van der Waals surface area contributed by atoms with Crippen molar-refractivity contribution in [3.63, 3.8) is 0 Å². The molecule has 0 aromatic rings. The third kappa shape index (κ3) is 0.722. The van der Waals surface area contributed by atoms with Gasteiger partial charge in [0.15, 0.2) is 0 Å². The molecule has 2 fully saturated rings. The fourth-order valence-electron chi connectivity index (χ4n) is 1.91. The molecule has 0 aromatic heterocycles. The first kappa shape index (κ1) is 6.62. The van der Waals surface area contributed by atoms with Gasteiger partial charge in [-0.25, -0.2) is 0 Å². The van der Waals surface area contributed by atoms with Gasteiger partial charge in [0.05, 0.1) is 5.60 Å². The van der Waals surface area contributed by atoms with Gasteiger partial charge in [0, 0.05) is 20.2 Å². The van der Waals surface area contributed by atoms with Crippen LogP contribution in [0.4, 0.5) is 0 Å². The Morgan fingerprint density at radius 2 is 2.10 bits per heavy atom. The lowest BCUT2D eigenvalue weighted by atomic mass is 9.70. The lowest BCUT2D eigenvalue weighted by Crippen LogP contribution is -2.65. The van der Waals surface area contributed by atoms with E-state index in [0.29, 0.717) is 0 Å². The molecule has 1 saturated heterocycles. The molecule has 1 aliphatic carbocycles. The van der Waals surface area contributed by atoms with Crippen molar-refractivity contribution in [1.29, 1.82) is 0 Å². The molecular weight excluding hydrogens is 126 g/mol. The summed E-state index contributed by atoms with van der Waals surface area (Å²) in [6.45, 7) is 2.16. The summed E-state index contributed by atoms with van der Waals surface area (Å²) in [5.41, 5.74) is 0.248. The van der Waals surface area contributed by atoms with Crippen molar-refractivity contribution in [1.82, 2.24) is 5.32 Å². The van der Waals surface area contributed by atoms with E-state index in [2.05, 4.69) is 5.32 Å². The molecule has 0 atom stereocenters. The quantitative estimate of drug-likeness (QED) is 0.613. The molecule has 0 aromatic carbocycles. The van der Waals surface area contributed by atoms with Gasteiger partial charge in [-0.3, -0.25) is 0 Å². The van der Waals surface area contributed by atoms with E-state index in [1.54, 1.807) is 0 Å². The zero-order chi connectivity index (χ0) is 7.03. The molecular formula is C8H15NO. The first-order valence-corrected chi connectivity index (χ1v) is 4.13. The molecule has 1 N–H and O–H groups in total. The molecule has 0 bridgehead atoms. The molecule has 2 heteroatoms. The topological polar surface area (TPSA) is 21.3 Å². The fraction of sp³-hybridized carbons (Fsp3) is 1.00. The summed E-state index contributed by atoms with van der Waals surface area (Å²) in [5, 5.41) is 3.28. The first-order valence-electron chi connectivity index (χ1n) is 4.13. The van der Waals surface area contributed by atoms with Gasteiger partial charge in [0.1, 0.15) is 0 Å². The minimum atomic E-state index is 0.248. The van der Waals surface area contributed by atoms with Gasteiger partial charge in [0.25, 0.3) is 0 Å². The Morgan fingerprint density at radius 1 is 1.40 bits per heavy atom. The normalized spacial score (nSPS) is 30.9. The number of methoxy groups -OCH3 is 1. The molecule has 10 heavy (non-hydrogen) atoms. The van der Waals surface area contributed by atoms with Gasteiger partial charge in [-0.05, 0) is 18.8 Å². The van der Waals surface area contributed by atoms with Crippen LogP contribution in [-0.2, 0) is 4.74 Å². The molecule has 1 aliphatic heterocycles. The highest BCUT2D eigenvalue weighted by Crippen LogP contribution is 2.40. The Labute approximate surface area is 61.9 Å². The van der Waals surface area contributed by atoms with E-state index in [1.807, 2.05) is 7.11 Å². The highest BCUT2D eigenvalue weighted by molar-refractivity contribution is 5.02. The summed E-state index contributed by atoms with van der Waals surface area (Å²) in [4.78, 5) is 0. The Morgan fingerprint density at radius 3 is 2.20 bits per heavy atom. The van der Waals surface area contributed by atoms with Crippen molar-refractivity contribution in [2.24, 2.45) is 5.92 Å². The number of nitrogens with one attached hydrogen (secondary N) is 1.